The van der Waals surface area contributed by atoms with Crippen LogP contribution in [0.25, 0.3) is 0 Å². The van der Waals surface area contributed by atoms with Gasteiger partial charge in [-0.1, -0.05) is 60.7 Å². The van der Waals surface area contributed by atoms with Crippen LogP contribution in [0.15, 0.2) is 60.7 Å². The first-order valence-corrected chi connectivity index (χ1v) is 10.7. The Bertz CT molecular complexity index is 912. The Labute approximate surface area is 183 Å². The standard InChI is InChI=1S/C22H23F4O5P/c1-19(2,17(27)21(23,24)15-11-7-5-8-12-15)30-32(29)31-20(3,4)18(28)22(25,26)16-13-9-6-10-14-16/h5-14,32H,1-4H3. The quantitative estimate of drug-likeness (QED) is 0.327. The Kier molecular flexibility index (Phi) is 7.49. The van der Waals surface area contributed by atoms with E-state index < -0.39 is 54.0 Å². The van der Waals surface area contributed by atoms with Crippen LogP contribution in [0.1, 0.15) is 38.8 Å². The van der Waals surface area contributed by atoms with Gasteiger partial charge in [-0.05, 0) is 27.7 Å². The highest BCUT2D eigenvalue weighted by Gasteiger charge is 2.52. The van der Waals surface area contributed by atoms with Crippen molar-refractivity contribution < 1.29 is 40.8 Å². The largest absolute Gasteiger partial charge is 0.333 e. The Morgan fingerprint density at radius 2 is 0.938 bits per heavy atom. The molecule has 0 heterocycles. The summed E-state index contributed by atoms with van der Waals surface area (Å²) in [6.45, 7) is 3.80. The molecule has 0 unspecified atom stereocenters. The van der Waals surface area contributed by atoms with Gasteiger partial charge in [0.1, 0.15) is 11.2 Å². The summed E-state index contributed by atoms with van der Waals surface area (Å²) in [5, 5.41) is 0. The van der Waals surface area contributed by atoms with E-state index >= 15 is 0 Å². The molecule has 0 aliphatic carbocycles. The molecule has 0 bridgehead atoms. The third-order valence-corrected chi connectivity index (χ3v) is 5.97. The average molecular weight is 474 g/mol. The molecule has 2 aromatic carbocycles. The number of rotatable bonds is 10. The Morgan fingerprint density at radius 3 is 1.22 bits per heavy atom. The third kappa shape index (κ3) is 5.52. The minimum absolute atomic E-state index is 0.597. The zero-order chi connectivity index (χ0) is 24.4. The third-order valence-electron chi connectivity index (χ3n) is 4.61. The van der Waals surface area contributed by atoms with E-state index in [9.17, 15) is 31.7 Å². The second-order valence-corrected chi connectivity index (χ2v) is 8.92. The Morgan fingerprint density at radius 1 is 0.656 bits per heavy atom. The van der Waals surface area contributed by atoms with Crippen LogP contribution in [0.4, 0.5) is 17.6 Å². The van der Waals surface area contributed by atoms with Crippen molar-refractivity contribution in [3.63, 3.8) is 0 Å². The number of Topliss-reactive ketones (excluding diaryl/α,β-unsaturated/α-hetero) is 2. The first-order valence-electron chi connectivity index (χ1n) is 9.51. The summed E-state index contributed by atoms with van der Waals surface area (Å²) in [4.78, 5) is 24.9. The molecule has 2 rings (SSSR count). The fourth-order valence-electron chi connectivity index (χ4n) is 2.84. The van der Waals surface area contributed by atoms with Crippen molar-refractivity contribution in [2.24, 2.45) is 0 Å². The van der Waals surface area contributed by atoms with E-state index in [4.69, 9.17) is 9.05 Å². The van der Waals surface area contributed by atoms with Gasteiger partial charge in [0.25, 0.3) is 0 Å². The lowest BCUT2D eigenvalue weighted by atomic mass is 9.93. The van der Waals surface area contributed by atoms with E-state index in [1.807, 2.05) is 0 Å². The van der Waals surface area contributed by atoms with Crippen molar-refractivity contribution in [3.05, 3.63) is 71.8 Å². The smallest absolute Gasteiger partial charge is 0.296 e. The molecule has 32 heavy (non-hydrogen) atoms. The molecule has 0 spiro atoms. The molecule has 0 N–H and O–H groups in total. The molecule has 0 radical (unpaired) electrons. The molecule has 0 aromatic heterocycles. The molecular formula is C22H23F4O5P. The Hall–Kier alpha value is -2.35. The van der Waals surface area contributed by atoms with Crippen LogP contribution in [0, 0.1) is 0 Å². The van der Waals surface area contributed by atoms with E-state index in [0.29, 0.717) is 0 Å². The summed E-state index contributed by atoms with van der Waals surface area (Å²) in [6.07, 6.45) is 0. The first kappa shape index (κ1) is 25.9. The lowest BCUT2D eigenvalue weighted by molar-refractivity contribution is -0.162. The highest BCUT2D eigenvalue weighted by molar-refractivity contribution is 7.33. The minimum atomic E-state index is -3.97. The molecule has 0 atom stereocenters. The minimum Gasteiger partial charge on any atom is -0.296 e. The maximum Gasteiger partial charge on any atom is 0.333 e. The van der Waals surface area contributed by atoms with Gasteiger partial charge in [0.2, 0.25) is 11.6 Å². The summed E-state index contributed by atoms with van der Waals surface area (Å²) >= 11 is 0. The van der Waals surface area contributed by atoms with Gasteiger partial charge in [-0.15, -0.1) is 0 Å². The molecular weight excluding hydrogens is 451 g/mol. The zero-order valence-corrected chi connectivity index (χ0v) is 18.8. The summed E-state index contributed by atoms with van der Waals surface area (Å²) in [5.41, 5.74) is -5.81. The molecule has 0 aliphatic heterocycles. The molecule has 0 amide bonds. The van der Waals surface area contributed by atoms with Crippen LogP contribution in [-0.2, 0) is 35.0 Å². The van der Waals surface area contributed by atoms with Crippen LogP contribution in [0.5, 0.6) is 0 Å². The van der Waals surface area contributed by atoms with Gasteiger partial charge < -0.3 is 0 Å². The topological polar surface area (TPSA) is 69.7 Å². The van der Waals surface area contributed by atoms with Gasteiger partial charge in [0, 0.05) is 11.1 Å². The summed E-state index contributed by atoms with van der Waals surface area (Å²) in [7, 11) is -3.83. The van der Waals surface area contributed by atoms with Gasteiger partial charge >= 0.3 is 20.1 Å². The molecule has 0 saturated heterocycles. The average Bonchev–Trinajstić information content (AvgIpc) is 2.72. The molecule has 0 aliphatic rings. The maximum atomic E-state index is 14.6. The molecule has 2 aromatic rings. The molecule has 0 fully saturated rings. The first-order chi connectivity index (χ1) is 14.6. The predicted octanol–water partition coefficient (Wildman–Crippen LogP) is 5.69. The Balaban J connectivity index is 2.16. The van der Waals surface area contributed by atoms with Crippen molar-refractivity contribution in [1.29, 1.82) is 0 Å². The van der Waals surface area contributed by atoms with Gasteiger partial charge in [0.15, 0.2) is 0 Å². The van der Waals surface area contributed by atoms with E-state index in [0.717, 1.165) is 52.0 Å². The lowest BCUT2D eigenvalue weighted by Gasteiger charge is -2.31. The number of ketones is 2. The number of halogens is 4. The van der Waals surface area contributed by atoms with Gasteiger partial charge in [-0.2, -0.15) is 17.6 Å². The maximum absolute atomic E-state index is 14.6. The van der Waals surface area contributed by atoms with Gasteiger partial charge in [-0.3, -0.25) is 23.2 Å². The molecule has 0 saturated carbocycles. The number of carbonyl (C=O) groups is 2. The predicted molar refractivity (Wildman–Crippen MR) is 110 cm³/mol. The number of hydrogen-bond acceptors (Lipinski definition) is 5. The van der Waals surface area contributed by atoms with Crippen LogP contribution in [0.2, 0.25) is 0 Å². The SMILES string of the molecule is CC(C)(O[PH](=O)OC(C)(C)C(=O)C(F)(F)c1ccccc1)C(=O)C(F)(F)c1ccccc1. The van der Waals surface area contributed by atoms with Crippen LogP contribution >= 0.6 is 8.25 Å². The lowest BCUT2D eigenvalue weighted by Crippen LogP contribution is -2.45. The fourth-order valence-corrected chi connectivity index (χ4v) is 3.90. The van der Waals surface area contributed by atoms with E-state index in [1.165, 1.54) is 36.4 Å². The highest BCUT2D eigenvalue weighted by Crippen LogP contribution is 2.43. The van der Waals surface area contributed by atoms with E-state index in [2.05, 4.69) is 0 Å². The molecule has 174 valence electrons. The van der Waals surface area contributed by atoms with Crippen LogP contribution in [0.3, 0.4) is 0 Å². The highest BCUT2D eigenvalue weighted by atomic mass is 31.1. The summed E-state index contributed by atoms with van der Waals surface area (Å²) in [5.74, 6) is -11.4. The van der Waals surface area contributed by atoms with Crippen molar-refractivity contribution in [2.75, 3.05) is 0 Å². The number of carbonyl (C=O) groups excluding carboxylic acids is 2. The van der Waals surface area contributed by atoms with Crippen LogP contribution in [-0.4, -0.2) is 22.8 Å². The summed E-state index contributed by atoms with van der Waals surface area (Å²) < 4.78 is 80.5. The van der Waals surface area contributed by atoms with Gasteiger partial charge in [-0.25, -0.2) is 0 Å². The normalized spacial score (nSPS) is 13.3. The second kappa shape index (κ2) is 9.25. The van der Waals surface area contributed by atoms with Crippen molar-refractivity contribution in [2.45, 2.75) is 50.7 Å². The van der Waals surface area contributed by atoms with Crippen molar-refractivity contribution in [1.82, 2.24) is 0 Å². The fraction of sp³-hybridized carbons (Fsp3) is 0.364. The zero-order valence-electron chi connectivity index (χ0n) is 17.8. The van der Waals surface area contributed by atoms with Crippen molar-refractivity contribution in [3.8, 4) is 0 Å². The molecule has 10 heteroatoms. The monoisotopic (exact) mass is 474 g/mol. The van der Waals surface area contributed by atoms with E-state index in [1.54, 1.807) is 0 Å². The van der Waals surface area contributed by atoms with E-state index in [-0.39, 0.29) is 0 Å². The number of benzene rings is 2. The van der Waals surface area contributed by atoms with Crippen molar-refractivity contribution >= 4 is 19.8 Å². The number of hydrogen-bond donors (Lipinski definition) is 0. The molecule has 5 nitrogen and oxygen atoms in total. The second-order valence-electron chi connectivity index (χ2n) is 8.01. The summed E-state index contributed by atoms with van der Waals surface area (Å²) in [6, 6.07) is 12.4. The van der Waals surface area contributed by atoms with Crippen LogP contribution < -0.4 is 0 Å². The number of alkyl halides is 4. The van der Waals surface area contributed by atoms with Gasteiger partial charge in [0.05, 0.1) is 0 Å².